The third-order valence-corrected chi connectivity index (χ3v) is 4.61. The average molecular weight is 407 g/mol. The molecule has 2 aromatic rings. The van der Waals surface area contributed by atoms with Gasteiger partial charge in [-0.15, -0.1) is 13.2 Å². The Balaban J connectivity index is 1.56. The number of hydrogen-bond acceptors (Lipinski definition) is 3. The van der Waals surface area contributed by atoms with E-state index in [0.29, 0.717) is 12.2 Å². The highest BCUT2D eigenvalue weighted by atomic mass is 19.4. The summed E-state index contributed by atoms with van der Waals surface area (Å²) < 4.78 is 40.3. The SMILES string of the molecule is Cc1ccc(N2CC(NC(=O)Nc3ccc(OC(F)(F)F)cc3)CC2=O)cc1C. The molecule has 154 valence electrons. The highest BCUT2D eigenvalue weighted by Crippen LogP contribution is 2.25. The minimum atomic E-state index is -4.77. The number of ether oxygens (including phenoxy) is 1. The molecule has 2 N–H and O–H groups in total. The minimum absolute atomic E-state index is 0.0906. The molecule has 1 aliphatic rings. The molecule has 1 unspecified atom stereocenters. The number of nitrogens with zero attached hydrogens (tertiary/aromatic N) is 1. The highest BCUT2D eigenvalue weighted by Gasteiger charge is 2.32. The molecule has 1 fully saturated rings. The van der Waals surface area contributed by atoms with Gasteiger partial charge in [0.1, 0.15) is 5.75 Å². The summed E-state index contributed by atoms with van der Waals surface area (Å²) >= 11 is 0. The minimum Gasteiger partial charge on any atom is -0.406 e. The molecule has 1 aliphatic heterocycles. The van der Waals surface area contributed by atoms with Crippen molar-refractivity contribution in [1.82, 2.24) is 5.32 Å². The van der Waals surface area contributed by atoms with Crippen LogP contribution in [-0.2, 0) is 4.79 Å². The van der Waals surface area contributed by atoms with Gasteiger partial charge in [0.25, 0.3) is 0 Å². The summed E-state index contributed by atoms with van der Waals surface area (Å²) in [5.74, 6) is -0.471. The standard InChI is InChI=1S/C20H20F3N3O3/c1-12-3-6-16(9-13(12)2)26-11-15(10-18(26)27)25-19(28)24-14-4-7-17(8-5-14)29-20(21,22)23/h3-9,15H,10-11H2,1-2H3,(H2,24,25,28). The molecule has 0 radical (unpaired) electrons. The average Bonchev–Trinajstić information content (AvgIpc) is 2.98. The van der Waals surface area contributed by atoms with Crippen molar-refractivity contribution in [2.75, 3.05) is 16.8 Å². The maximum absolute atomic E-state index is 12.3. The van der Waals surface area contributed by atoms with Gasteiger partial charge in [-0.25, -0.2) is 4.79 Å². The van der Waals surface area contributed by atoms with Gasteiger partial charge in [0.15, 0.2) is 0 Å². The second kappa shape index (κ2) is 8.02. The summed E-state index contributed by atoms with van der Waals surface area (Å²) in [5, 5.41) is 5.24. The largest absolute Gasteiger partial charge is 0.573 e. The van der Waals surface area contributed by atoms with Crippen LogP contribution in [0.3, 0.4) is 0 Å². The van der Waals surface area contributed by atoms with Crippen molar-refractivity contribution < 1.29 is 27.5 Å². The Morgan fingerprint density at radius 3 is 2.41 bits per heavy atom. The fourth-order valence-corrected chi connectivity index (χ4v) is 3.04. The zero-order valence-corrected chi connectivity index (χ0v) is 15.8. The molecular formula is C20H20F3N3O3. The summed E-state index contributed by atoms with van der Waals surface area (Å²) in [6.45, 7) is 4.29. The van der Waals surface area contributed by atoms with E-state index in [-0.39, 0.29) is 24.1 Å². The van der Waals surface area contributed by atoms with E-state index in [9.17, 15) is 22.8 Å². The van der Waals surface area contributed by atoms with Gasteiger partial charge in [0, 0.05) is 24.3 Å². The molecule has 0 aromatic heterocycles. The molecule has 2 aromatic carbocycles. The van der Waals surface area contributed by atoms with Gasteiger partial charge in [-0.1, -0.05) is 6.07 Å². The molecule has 1 heterocycles. The topological polar surface area (TPSA) is 70.7 Å². The Kier molecular flexibility index (Phi) is 5.67. The number of alkyl halides is 3. The third kappa shape index (κ3) is 5.40. The van der Waals surface area contributed by atoms with E-state index in [2.05, 4.69) is 15.4 Å². The lowest BCUT2D eigenvalue weighted by atomic mass is 10.1. The van der Waals surface area contributed by atoms with Gasteiger partial charge in [0.2, 0.25) is 5.91 Å². The summed E-state index contributed by atoms with van der Waals surface area (Å²) in [5.41, 5.74) is 3.28. The van der Waals surface area contributed by atoms with Crippen LogP contribution in [0.2, 0.25) is 0 Å². The van der Waals surface area contributed by atoms with Crippen LogP contribution in [0.25, 0.3) is 0 Å². The van der Waals surface area contributed by atoms with Crippen molar-refractivity contribution in [2.45, 2.75) is 32.7 Å². The number of hydrogen-bond donors (Lipinski definition) is 2. The Bertz CT molecular complexity index is 913. The molecule has 0 spiro atoms. The molecule has 0 bridgehead atoms. The molecule has 29 heavy (non-hydrogen) atoms. The molecule has 0 aliphatic carbocycles. The first-order valence-corrected chi connectivity index (χ1v) is 8.92. The van der Waals surface area contributed by atoms with Gasteiger partial charge in [0.05, 0.1) is 6.04 Å². The van der Waals surface area contributed by atoms with Crippen LogP contribution in [0.4, 0.5) is 29.3 Å². The summed E-state index contributed by atoms with van der Waals surface area (Å²) in [7, 11) is 0. The van der Waals surface area contributed by atoms with Crippen LogP contribution in [0.15, 0.2) is 42.5 Å². The summed E-state index contributed by atoms with van der Waals surface area (Å²) in [6, 6.07) is 9.60. The number of rotatable bonds is 4. The first kappa shape index (κ1) is 20.5. The van der Waals surface area contributed by atoms with E-state index >= 15 is 0 Å². The molecule has 6 nitrogen and oxygen atoms in total. The predicted octanol–water partition coefficient (Wildman–Crippen LogP) is 4.13. The monoisotopic (exact) mass is 407 g/mol. The van der Waals surface area contributed by atoms with Crippen LogP contribution in [0.5, 0.6) is 5.75 Å². The number of halogens is 3. The van der Waals surface area contributed by atoms with E-state index in [1.54, 1.807) is 4.90 Å². The smallest absolute Gasteiger partial charge is 0.406 e. The van der Waals surface area contributed by atoms with E-state index in [4.69, 9.17) is 0 Å². The molecule has 9 heteroatoms. The zero-order chi connectivity index (χ0) is 21.2. The number of nitrogens with one attached hydrogen (secondary N) is 2. The third-order valence-electron chi connectivity index (χ3n) is 4.61. The number of amides is 3. The molecule has 1 saturated heterocycles. The molecule has 0 saturated carbocycles. The van der Waals surface area contributed by atoms with Crippen molar-refractivity contribution in [1.29, 1.82) is 0 Å². The fraction of sp³-hybridized carbons (Fsp3) is 0.300. The van der Waals surface area contributed by atoms with Gasteiger partial charge >= 0.3 is 12.4 Å². The van der Waals surface area contributed by atoms with Crippen LogP contribution in [0.1, 0.15) is 17.5 Å². The summed E-state index contributed by atoms with van der Waals surface area (Å²) in [6.07, 6.45) is -4.61. The molecule has 1 atom stereocenters. The number of benzene rings is 2. The number of carbonyl (C=O) groups excluding carboxylic acids is 2. The number of carbonyl (C=O) groups is 2. The van der Waals surface area contributed by atoms with Crippen molar-refractivity contribution in [3.05, 3.63) is 53.6 Å². The number of anilines is 2. The second-order valence-electron chi connectivity index (χ2n) is 6.84. The predicted molar refractivity (Wildman–Crippen MR) is 102 cm³/mol. The van der Waals surface area contributed by atoms with Gasteiger partial charge in [-0.05, 0) is 61.4 Å². The van der Waals surface area contributed by atoms with Crippen molar-refractivity contribution >= 4 is 23.3 Å². The first-order valence-electron chi connectivity index (χ1n) is 8.92. The first-order chi connectivity index (χ1) is 13.6. The molecule has 3 amide bonds. The van der Waals surface area contributed by atoms with E-state index < -0.39 is 12.4 Å². The van der Waals surface area contributed by atoms with Crippen molar-refractivity contribution in [3.8, 4) is 5.75 Å². The molecular weight excluding hydrogens is 387 g/mol. The normalized spacial score (nSPS) is 16.7. The van der Waals surface area contributed by atoms with Gasteiger partial charge in [-0.2, -0.15) is 0 Å². The maximum atomic E-state index is 12.3. The number of urea groups is 1. The zero-order valence-electron chi connectivity index (χ0n) is 15.8. The Morgan fingerprint density at radius 1 is 1.10 bits per heavy atom. The number of aryl methyl sites for hydroxylation is 2. The van der Waals surface area contributed by atoms with Crippen molar-refractivity contribution in [2.24, 2.45) is 0 Å². The Hall–Kier alpha value is -3.23. The van der Waals surface area contributed by atoms with Crippen LogP contribution >= 0.6 is 0 Å². The molecule has 3 rings (SSSR count). The van der Waals surface area contributed by atoms with Crippen LogP contribution < -0.4 is 20.3 Å². The lowest BCUT2D eigenvalue weighted by Gasteiger charge is -2.18. The lowest BCUT2D eigenvalue weighted by Crippen LogP contribution is -2.39. The second-order valence-corrected chi connectivity index (χ2v) is 6.84. The van der Waals surface area contributed by atoms with E-state index in [1.807, 2.05) is 32.0 Å². The maximum Gasteiger partial charge on any atom is 0.573 e. The summed E-state index contributed by atoms with van der Waals surface area (Å²) in [4.78, 5) is 26.1. The highest BCUT2D eigenvalue weighted by molar-refractivity contribution is 5.97. The Labute approximate surface area is 165 Å². The fourth-order valence-electron chi connectivity index (χ4n) is 3.04. The lowest BCUT2D eigenvalue weighted by molar-refractivity contribution is -0.274. The Morgan fingerprint density at radius 2 is 1.79 bits per heavy atom. The van der Waals surface area contributed by atoms with E-state index in [1.165, 1.54) is 12.1 Å². The van der Waals surface area contributed by atoms with Gasteiger partial charge in [-0.3, -0.25) is 4.79 Å². The van der Waals surface area contributed by atoms with Crippen molar-refractivity contribution in [3.63, 3.8) is 0 Å². The quantitative estimate of drug-likeness (QED) is 0.801. The van der Waals surface area contributed by atoms with E-state index in [0.717, 1.165) is 28.9 Å². The van der Waals surface area contributed by atoms with Crippen LogP contribution in [-0.4, -0.2) is 30.9 Å². The van der Waals surface area contributed by atoms with Gasteiger partial charge < -0.3 is 20.3 Å². The van der Waals surface area contributed by atoms with Crippen LogP contribution in [0, 0.1) is 13.8 Å².